The van der Waals surface area contributed by atoms with E-state index in [-0.39, 0.29) is 22.6 Å². The number of carbonyl (C=O) groups excluding carboxylic acids is 3. The van der Waals surface area contributed by atoms with Crippen molar-refractivity contribution in [2.45, 2.75) is 52.0 Å². The molecule has 3 heterocycles. The number of amides is 1. The van der Waals surface area contributed by atoms with Gasteiger partial charge in [0.25, 0.3) is 11.5 Å². The van der Waals surface area contributed by atoms with Gasteiger partial charge in [-0.15, -0.1) is 0 Å². The van der Waals surface area contributed by atoms with Crippen molar-refractivity contribution in [2.75, 3.05) is 25.2 Å². The maximum atomic E-state index is 14.3. The highest BCUT2D eigenvalue weighted by atomic mass is 32.1. The van der Waals surface area contributed by atoms with E-state index in [0.29, 0.717) is 39.3 Å². The molecule has 0 aliphatic carbocycles. The standard InChI is InChI=1S/C34H35N3O6S/c1-5-7-8-9-12-19-36-25-14-11-10-13-24(25)27(30(36)38)29-31(39)37-28(22-15-17-23(18-16-22)32(40)42-4)26(33(41)43-20-6-2)21(3)35-34(37)44-29/h6,10-11,13-18,28H,2,5,7-9,12,19-20H2,1,3-4H3. The fourth-order valence-electron chi connectivity index (χ4n) is 5.68. The summed E-state index contributed by atoms with van der Waals surface area (Å²) in [4.78, 5) is 60.5. The molecule has 228 valence electrons. The number of rotatable bonds is 11. The molecule has 3 aromatic rings. The molecule has 0 radical (unpaired) electrons. The van der Waals surface area contributed by atoms with E-state index in [0.717, 1.165) is 49.1 Å². The van der Waals surface area contributed by atoms with E-state index in [1.54, 1.807) is 36.1 Å². The van der Waals surface area contributed by atoms with Gasteiger partial charge >= 0.3 is 11.9 Å². The van der Waals surface area contributed by atoms with Crippen LogP contribution in [0.25, 0.3) is 5.57 Å². The molecular weight excluding hydrogens is 578 g/mol. The molecule has 5 rings (SSSR count). The number of anilines is 1. The Bertz CT molecular complexity index is 1830. The number of carbonyl (C=O) groups is 3. The summed E-state index contributed by atoms with van der Waals surface area (Å²) in [6.07, 6.45) is 6.76. The van der Waals surface area contributed by atoms with E-state index in [1.165, 1.54) is 17.8 Å². The van der Waals surface area contributed by atoms with Crippen LogP contribution in [0.5, 0.6) is 0 Å². The second-order valence-electron chi connectivity index (χ2n) is 10.7. The molecule has 0 fully saturated rings. The average Bonchev–Trinajstić information content (AvgIpc) is 3.50. The maximum Gasteiger partial charge on any atom is 0.338 e. The second-order valence-corrected chi connectivity index (χ2v) is 11.6. The van der Waals surface area contributed by atoms with Crippen LogP contribution in [0.4, 0.5) is 5.69 Å². The van der Waals surface area contributed by atoms with Crippen LogP contribution in [0.15, 0.2) is 82.2 Å². The first-order valence-corrected chi connectivity index (χ1v) is 15.6. The molecular formula is C34H35N3O6S. The number of hydrogen-bond donors (Lipinski definition) is 0. The van der Waals surface area contributed by atoms with E-state index in [9.17, 15) is 19.2 Å². The van der Waals surface area contributed by atoms with Crippen LogP contribution < -0.4 is 19.8 Å². The van der Waals surface area contributed by atoms with Crippen LogP contribution in [0.1, 0.15) is 73.5 Å². The number of fused-ring (bicyclic) bond motifs is 2. The molecule has 1 unspecified atom stereocenters. The molecule has 9 nitrogen and oxygen atoms in total. The zero-order valence-corrected chi connectivity index (χ0v) is 25.9. The topological polar surface area (TPSA) is 107 Å². The minimum Gasteiger partial charge on any atom is -0.465 e. The quantitative estimate of drug-likeness (QED) is 0.180. The molecule has 0 N–H and O–H groups in total. The highest BCUT2D eigenvalue weighted by Crippen LogP contribution is 2.36. The van der Waals surface area contributed by atoms with E-state index >= 15 is 0 Å². The Labute approximate surface area is 259 Å². The lowest BCUT2D eigenvalue weighted by Gasteiger charge is -2.24. The molecule has 1 aromatic heterocycles. The minimum atomic E-state index is -0.897. The Balaban J connectivity index is 1.66. The van der Waals surface area contributed by atoms with Crippen molar-refractivity contribution in [3.63, 3.8) is 0 Å². The van der Waals surface area contributed by atoms with Crippen molar-refractivity contribution < 1.29 is 23.9 Å². The van der Waals surface area contributed by atoms with Crippen molar-refractivity contribution in [3.05, 3.63) is 109 Å². The highest BCUT2D eigenvalue weighted by molar-refractivity contribution is 7.07. The van der Waals surface area contributed by atoms with Crippen molar-refractivity contribution >= 4 is 40.4 Å². The van der Waals surface area contributed by atoms with E-state index in [4.69, 9.17) is 9.47 Å². The van der Waals surface area contributed by atoms with Gasteiger partial charge in [-0.05, 0) is 37.1 Å². The van der Waals surface area contributed by atoms with Crippen molar-refractivity contribution in [2.24, 2.45) is 4.99 Å². The molecule has 44 heavy (non-hydrogen) atoms. The summed E-state index contributed by atoms with van der Waals surface area (Å²) in [5, 5.41) is 0. The third kappa shape index (κ3) is 5.69. The number of unbranched alkanes of at least 4 members (excludes halogenated alkanes) is 4. The first-order chi connectivity index (χ1) is 21.3. The Morgan fingerprint density at radius 2 is 1.75 bits per heavy atom. The smallest absolute Gasteiger partial charge is 0.338 e. The first kappa shape index (κ1) is 30.9. The highest BCUT2D eigenvalue weighted by Gasteiger charge is 2.37. The normalized spacial score (nSPS) is 16.8. The maximum absolute atomic E-state index is 14.3. The van der Waals surface area contributed by atoms with Crippen LogP contribution in [0.2, 0.25) is 0 Å². The lowest BCUT2D eigenvalue weighted by Crippen LogP contribution is -2.41. The zero-order chi connectivity index (χ0) is 31.4. The average molecular weight is 614 g/mol. The minimum absolute atomic E-state index is 0.0161. The lowest BCUT2D eigenvalue weighted by atomic mass is 9.95. The van der Waals surface area contributed by atoms with Crippen LogP contribution >= 0.6 is 11.3 Å². The molecule has 2 aliphatic heterocycles. The Hall–Kier alpha value is -4.57. The number of aromatic nitrogens is 1. The third-order valence-corrected chi connectivity index (χ3v) is 8.89. The number of ether oxygens (including phenoxy) is 2. The number of thiazole rings is 1. The van der Waals surface area contributed by atoms with Crippen molar-refractivity contribution in [1.82, 2.24) is 4.57 Å². The van der Waals surface area contributed by atoms with Gasteiger partial charge in [0.2, 0.25) is 0 Å². The summed E-state index contributed by atoms with van der Waals surface area (Å²) >= 11 is 1.13. The molecule has 0 saturated carbocycles. The Kier molecular flexibility index (Phi) is 9.39. The molecule has 2 aliphatic rings. The second kappa shape index (κ2) is 13.4. The predicted octanol–water partition coefficient (Wildman–Crippen LogP) is 4.44. The van der Waals surface area contributed by atoms with Gasteiger partial charge in [-0.3, -0.25) is 14.2 Å². The Morgan fingerprint density at radius 1 is 1.02 bits per heavy atom. The van der Waals surface area contributed by atoms with Gasteiger partial charge in [-0.2, -0.15) is 0 Å². The summed E-state index contributed by atoms with van der Waals surface area (Å²) in [6, 6.07) is 13.1. The summed E-state index contributed by atoms with van der Waals surface area (Å²) in [5.41, 5.74) is 2.88. The Morgan fingerprint density at radius 3 is 2.45 bits per heavy atom. The largest absolute Gasteiger partial charge is 0.465 e. The van der Waals surface area contributed by atoms with Gasteiger partial charge in [-0.25, -0.2) is 14.6 Å². The molecule has 1 amide bonds. The summed E-state index contributed by atoms with van der Waals surface area (Å²) in [5.74, 6) is -1.36. The van der Waals surface area contributed by atoms with Gasteiger partial charge in [0.15, 0.2) is 4.80 Å². The number of hydrogen-bond acceptors (Lipinski definition) is 8. The molecule has 0 saturated heterocycles. The third-order valence-electron chi connectivity index (χ3n) is 7.83. The van der Waals surface area contributed by atoms with E-state index < -0.39 is 23.5 Å². The lowest BCUT2D eigenvalue weighted by molar-refractivity contribution is -0.138. The molecule has 0 bridgehead atoms. The fraction of sp³-hybridized carbons (Fsp3) is 0.324. The number of methoxy groups -OCH3 is 1. The van der Waals surface area contributed by atoms with Crippen molar-refractivity contribution in [1.29, 1.82) is 0 Å². The fourth-order valence-corrected chi connectivity index (χ4v) is 6.81. The van der Waals surface area contributed by atoms with Crippen LogP contribution in [-0.4, -0.2) is 42.7 Å². The SMILES string of the molecule is C=CCOC(=O)C1=C(C)N=c2sc(=C3C(=O)N(CCCCCCC)c4ccccc43)c(=O)n2C1c1ccc(C(=O)OC)cc1. The zero-order valence-electron chi connectivity index (χ0n) is 25.1. The number of nitrogens with zero attached hydrogens (tertiary/aromatic N) is 3. The van der Waals surface area contributed by atoms with Crippen LogP contribution in [-0.2, 0) is 19.1 Å². The van der Waals surface area contributed by atoms with Crippen LogP contribution in [0.3, 0.4) is 0 Å². The first-order valence-electron chi connectivity index (χ1n) is 14.7. The van der Waals surface area contributed by atoms with Gasteiger partial charge in [0, 0.05) is 12.1 Å². The summed E-state index contributed by atoms with van der Waals surface area (Å²) < 4.78 is 11.9. The molecule has 0 spiro atoms. The van der Waals surface area contributed by atoms with Gasteiger partial charge in [0.1, 0.15) is 11.1 Å². The van der Waals surface area contributed by atoms with Crippen LogP contribution in [0, 0.1) is 0 Å². The van der Waals surface area contributed by atoms with Gasteiger partial charge in [0.05, 0.1) is 41.2 Å². The molecule has 1 atom stereocenters. The van der Waals surface area contributed by atoms with Crippen molar-refractivity contribution in [3.8, 4) is 0 Å². The predicted molar refractivity (Wildman–Crippen MR) is 169 cm³/mol. The molecule has 2 aromatic carbocycles. The van der Waals surface area contributed by atoms with E-state index in [1.807, 2.05) is 24.3 Å². The summed E-state index contributed by atoms with van der Waals surface area (Å²) in [6.45, 7) is 8.02. The number of allylic oxidation sites excluding steroid dienone is 1. The number of benzene rings is 2. The number of para-hydroxylation sites is 1. The van der Waals surface area contributed by atoms with E-state index in [2.05, 4.69) is 18.5 Å². The number of esters is 2. The van der Waals surface area contributed by atoms with Gasteiger partial charge < -0.3 is 14.4 Å². The molecule has 10 heteroatoms. The van der Waals surface area contributed by atoms with Gasteiger partial charge in [-0.1, -0.05) is 86.9 Å². The monoisotopic (exact) mass is 613 g/mol. The summed E-state index contributed by atoms with van der Waals surface area (Å²) in [7, 11) is 1.30.